The highest BCUT2D eigenvalue weighted by molar-refractivity contribution is 5.98. The number of fused-ring (bicyclic) bond motifs is 1. The number of para-hydroxylation sites is 1. The Morgan fingerprint density at radius 2 is 1.80 bits per heavy atom. The van der Waals surface area contributed by atoms with Crippen LogP contribution in [0.3, 0.4) is 0 Å². The van der Waals surface area contributed by atoms with Gasteiger partial charge in [-0.3, -0.25) is 9.69 Å². The van der Waals surface area contributed by atoms with Crippen molar-refractivity contribution < 1.29 is 9.53 Å². The lowest BCUT2D eigenvalue weighted by Gasteiger charge is -2.31. The van der Waals surface area contributed by atoms with Gasteiger partial charge in [-0.2, -0.15) is 5.10 Å². The van der Waals surface area contributed by atoms with Gasteiger partial charge in [-0.1, -0.05) is 38.5 Å². The van der Waals surface area contributed by atoms with Crippen LogP contribution >= 0.6 is 0 Å². The molecule has 9 heteroatoms. The zero-order valence-electron chi connectivity index (χ0n) is 24.5. The second-order valence-corrected chi connectivity index (χ2v) is 11.7. The number of aromatic nitrogens is 4. The molecule has 2 heterocycles. The number of carbonyl (C=O) groups is 1. The van der Waals surface area contributed by atoms with Crippen LogP contribution in [-0.4, -0.2) is 57.2 Å². The van der Waals surface area contributed by atoms with Crippen LogP contribution in [0.15, 0.2) is 60.9 Å². The van der Waals surface area contributed by atoms with Crippen molar-refractivity contribution in [3.8, 4) is 22.8 Å². The Morgan fingerprint density at radius 1 is 1.07 bits per heavy atom. The van der Waals surface area contributed by atoms with Gasteiger partial charge in [-0.15, -0.1) is 0 Å². The highest BCUT2D eigenvalue weighted by atomic mass is 16.5. The van der Waals surface area contributed by atoms with E-state index in [2.05, 4.69) is 29.1 Å². The summed E-state index contributed by atoms with van der Waals surface area (Å²) in [4.78, 5) is 23.9. The Balaban J connectivity index is 1.34. The molecule has 3 atom stereocenters. The fourth-order valence-corrected chi connectivity index (χ4v) is 5.79. The Hall–Kier alpha value is -3.98. The Bertz CT molecular complexity index is 1450. The molecule has 41 heavy (non-hydrogen) atoms. The van der Waals surface area contributed by atoms with Gasteiger partial charge in [0.2, 0.25) is 5.91 Å². The molecule has 9 nitrogen and oxygen atoms in total. The van der Waals surface area contributed by atoms with E-state index >= 15 is 0 Å². The van der Waals surface area contributed by atoms with Gasteiger partial charge in [0, 0.05) is 12.1 Å². The molecule has 0 bridgehead atoms. The number of amides is 1. The van der Waals surface area contributed by atoms with Crippen molar-refractivity contribution in [2.45, 2.75) is 58.0 Å². The molecule has 1 amide bonds. The predicted molar refractivity (Wildman–Crippen MR) is 163 cm³/mol. The fraction of sp³-hybridized carbons (Fsp3) is 0.438. The van der Waals surface area contributed by atoms with Crippen LogP contribution in [0.5, 0.6) is 11.5 Å². The molecule has 1 aliphatic rings. The summed E-state index contributed by atoms with van der Waals surface area (Å²) in [6.07, 6.45) is 6.42. The van der Waals surface area contributed by atoms with Crippen molar-refractivity contribution in [1.29, 1.82) is 0 Å². The molecular formula is C32H41N7O2. The molecular weight excluding hydrogens is 514 g/mol. The molecule has 2 aromatic heterocycles. The third-order valence-electron chi connectivity index (χ3n) is 7.91. The molecule has 5 rings (SSSR count). The molecule has 0 radical (unpaired) electrons. The lowest BCUT2D eigenvalue weighted by Crippen LogP contribution is -2.46. The molecule has 216 valence electrons. The number of benzene rings is 2. The number of nitrogen functional groups attached to an aromatic ring is 1. The molecule has 1 saturated carbocycles. The quantitative estimate of drug-likeness (QED) is 0.259. The summed E-state index contributed by atoms with van der Waals surface area (Å²) in [5, 5.41) is 9.08. The van der Waals surface area contributed by atoms with Crippen molar-refractivity contribution in [2.24, 2.45) is 11.8 Å². The Labute approximate surface area is 242 Å². The zero-order valence-corrected chi connectivity index (χ0v) is 24.5. The predicted octanol–water partition coefficient (Wildman–Crippen LogP) is 5.69. The van der Waals surface area contributed by atoms with Gasteiger partial charge < -0.3 is 15.8 Å². The summed E-state index contributed by atoms with van der Waals surface area (Å²) >= 11 is 0. The molecule has 3 N–H and O–H groups in total. The third kappa shape index (κ3) is 6.68. The van der Waals surface area contributed by atoms with Gasteiger partial charge in [-0.25, -0.2) is 14.6 Å². The first kappa shape index (κ1) is 28.5. The van der Waals surface area contributed by atoms with Gasteiger partial charge in [0.25, 0.3) is 0 Å². The topological polar surface area (TPSA) is 111 Å². The second-order valence-electron chi connectivity index (χ2n) is 11.7. The average Bonchev–Trinajstić information content (AvgIpc) is 3.37. The maximum Gasteiger partial charge on any atom is 0.237 e. The zero-order chi connectivity index (χ0) is 28.9. The van der Waals surface area contributed by atoms with Gasteiger partial charge in [0.1, 0.15) is 29.3 Å². The van der Waals surface area contributed by atoms with Crippen LogP contribution in [0.2, 0.25) is 0 Å². The van der Waals surface area contributed by atoms with E-state index in [1.807, 2.05) is 78.3 Å². The molecule has 0 saturated heterocycles. The summed E-state index contributed by atoms with van der Waals surface area (Å²) in [6.45, 7) is 4.98. The van der Waals surface area contributed by atoms with Crippen LogP contribution in [0.1, 0.15) is 52.0 Å². The minimum Gasteiger partial charge on any atom is -0.457 e. The molecule has 0 spiro atoms. The highest BCUT2D eigenvalue weighted by Gasteiger charge is 2.29. The molecule has 1 aliphatic carbocycles. The van der Waals surface area contributed by atoms with E-state index in [9.17, 15) is 4.79 Å². The second kappa shape index (κ2) is 12.7. The smallest absolute Gasteiger partial charge is 0.237 e. The first-order chi connectivity index (χ1) is 19.8. The third-order valence-corrected chi connectivity index (χ3v) is 7.91. The number of hydrogen-bond acceptors (Lipinski definition) is 7. The van der Waals surface area contributed by atoms with E-state index in [4.69, 9.17) is 15.6 Å². The molecule has 4 aromatic rings. The standard InChI is InChI=1S/C32H41N7O2/c1-21(2)17-27(38(3)4)32(40)34-19-22-9-8-10-24(18-22)39-31-28(30(33)35-20-36-31)29(37-39)23-13-15-26(16-14-23)41-25-11-6-5-7-12-25/h5-7,11-16,20-22,24,27H,8-10,17-19H2,1-4H3,(H,34,40)(H2,33,35,36)/t22?,24-,27?/m1/s1. The van der Waals surface area contributed by atoms with Crippen molar-refractivity contribution in [3.63, 3.8) is 0 Å². The van der Waals surface area contributed by atoms with Crippen molar-refractivity contribution in [3.05, 3.63) is 60.9 Å². The summed E-state index contributed by atoms with van der Waals surface area (Å²) in [7, 11) is 3.95. The van der Waals surface area contributed by atoms with Crippen molar-refractivity contribution in [2.75, 3.05) is 26.4 Å². The average molecular weight is 556 g/mol. The van der Waals surface area contributed by atoms with Gasteiger partial charge in [0.15, 0.2) is 5.65 Å². The molecule has 0 aliphatic heterocycles. The first-order valence-corrected chi connectivity index (χ1v) is 14.6. The minimum atomic E-state index is -0.115. The lowest BCUT2D eigenvalue weighted by atomic mass is 9.85. The number of carbonyl (C=O) groups excluding carboxylic acids is 1. The minimum absolute atomic E-state index is 0.109. The monoisotopic (exact) mass is 555 g/mol. The lowest BCUT2D eigenvalue weighted by molar-refractivity contribution is -0.126. The number of anilines is 1. The fourth-order valence-electron chi connectivity index (χ4n) is 5.79. The van der Waals surface area contributed by atoms with Crippen LogP contribution < -0.4 is 15.8 Å². The summed E-state index contributed by atoms with van der Waals surface area (Å²) in [5.74, 6) is 2.88. The normalized spacial score (nSPS) is 18.1. The Morgan fingerprint density at radius 3 is 2.51 bits per heavy atom. The molecule has 1 fully saturated rings. The molecule has 2 unspecified atom stereocenters. The van der Waals surface area contributed by atoms with E-state index in [1.165, 1.54) is 6.33 Å². The first-order valence-electron chi connectivity index (χ1n) is 14.6. The number of ether oxygens (including phenoxy) is 1. The Kier molecular flexibility index (Phi) is 8.83. The van der Waals surface area contributed by atoms with Crippen molar-refractivity contribution in [1.82, 2.24) is 30.0 Å². The highest BCUT2D eigenvalue weighted by Crippen LogP contribution is 2.38. The van der Waals surface area contributed by atoms with Gasteiger partial charge >= 0.3 is 0 Å². The van der Waals surface area contributed by atoms with E-state index in [0.717, 1.165) is 65.9 Å². The molecule has 2 aromatic carbocycles. The maximum absolute atomic E-state index is 13.0. The number of nitrogens with two attached hydrogens (primary N) is 1. The number of nitrogens with zero attached hydrogens (tertiary/aromatic N) is 5. The van der Waals surface area contributed by atoms with Gasteiger partial charge in [0.05, 0.1) is 17.5 Å². The SMILES string of the molecule is CC(C)CC(C(=O)NCC1CCC[C@@H](n2nc(-c3ccc(Oc4ccccc4)cc3)c3c(N)ncnc32)C1)N(C)C. The number of hydrogen-bond donors (Lipinski definition) is 2. The van der Waals surface area contributed by atoms with E-state index in [1.54, 1.807) is 0 Å². The van der Waals surface area contributed by atoms with E-state index in [-0.39, 0.29) is 18.0 Å². The largest absolute Gasteiger partial charge is 0.457 e. The summed E-state index contributed by atoms with van der Waals surface area (Å²) in [6, 6.07) is 17.6. The number of likely N-dealkylation sites (N-methyl/N-ethyl adjacent to an activating group) is 1. The van der Waals surface area contributed by atoms with E-state index < -0.39 is 0 Å². The van der Waals surface area contributed by atoms with Crippen LogP contribution in [0, 0.1) is 11.8 Å². The van der Waals surface area contributed by atoms with Crippen LogP contribution in [0.4, 0.5) is 5.82 Å². The van der Waals surface area contributed by atoms with Crippen molar-refractivity contribution >= 4 is 22.8 Å². The summed E-state index contributed by atoms with van der Waals surface area (Å²) < 4.78 is 8.01. The number of rotatable bonds is 10. The maximum atomic E-state index is 13.0. The van der Waals surface area contributed by atoms with E-state index in [0.29, 0.717) is 24.2 Å². The summed E-state index contributed by atoms with van der Waals surface area (Å²) in [5.41, 5.74) is 8.82. The number of nitrogens with one attached hydrogen (secondary N) is 1. The van der Waals surface area contributed by atoms with Crippen LogP contribution in [-0.2, 0) is 4.79 Å². The van der Waals surface area contributed by atoms with Crippen LogP contribution in [0.25, 0.3) is 22.3 Å². The van der Waals surface area contributed by atoms with Gasteiger partial charge in [-0.05, 0) is 88.0 Å².